The topological polar surface area (TPSA) is 31.4 Å². The first-order valence-electron chi connectivity index (χ1n) is 3.27. The summed E-state index contributed by atoms with van der Waals surface area (Å²) in [5.41, 5.74) is 0. The van der Waals surface area contributed by atoms with E-state index >= 15 is 0 Å². The number of alkyl halides is 3. The summed E-state index contributed by atoms with van der Waals surface area (Å²) in [6, 6.07) is 2.14. The molecule has 1 rings (SSSR count). The number of ether oxygens (including phenoxy) is 2. The lowest BCUT2D eigenvalue weighted by Crippen LogP contribution is -2.17. The van der Waals surface area contributed by atoms with Crippen molar-refractivity contribution in [3.8, 4) is 11.6 Å². The normalized spacial score (nSPS) is 11.1. The molecule has 13 heavy (non-hydrogen) atoms. The number of halogens is 3. The van der Waals surface area contributed by atoms with E-state index in [1.54, 1.807) is 0 Å². The minimum absolute atomic E-state index is 0.0711. The summed E-state index contributed by atoms with van der Waals surface area (Å²) in [7, 11) is 1.31. The van der Waals surface area contributed by atoms with Crippen molar-refractivity contribution < 1.29 is 22.6 Å². The van der Waals surface area contributed by atoms with Crippen molar-refractivity contribution in [3.05, 3.63) is 18.3 Å². The Morgan fingerprint density at radius 2 is 2.08 bits per heavy atom. The van der Waals surface area contributed by atoms with Crippen LogP contribution in [0, 0.1) is 0 Å². The van der Waals surface area contributed by atoms with Crippen molar-refractivity contribution in [2.24, 2.45) is 0 Å². The molecule has 0 unspecified atom stereocenters. The standard InChI is InChI=1S/C7H6F3NO2/c1-12-6-4-5(2-3-11-6)13-7(8,9)10/h2-4H,1H3. The van der Waals surface area contributed by atoms with Crippen molar-refractivity contribution in [3.63, 3.8) is 0 Å². The Labute approximate surface area is 72.1 Å². The summed E-state index contributed by atoms with van der Waals surface area (Å²) < 4.78 is 43.3. The first kappa shape index (κ1) is 9.63. The molecule has 0 amide bonds. The van der Waals surface area contributed by atoms with E-state index in [4.69, 9.17) is 0 Å². The Bertz CT molecular complexity index is 287. The predicted molar refractivity (Wildman–Crippen MR) is 37.5 cm³/mol. The van der Waals surface area contributed by atoms with E-state index in [0.717, 1.165) is 12.1 Å². The molecule has 1 heterocycles. The maximum absolute atomic E-state index is 11.7. The zero-order chi connectivity index (χ0) is 9.90. The highest BCUT2D eigenvalue weighted by atomic mass is 19.4. The zero-order valence-corrected chi connectivity index (χ0v) is 6.63. The van der Waals surface area contributed by atoms with Gasteiger partial charge in [-0.3, -0.25) is 0 Å². The number of aromatic nitrogens is 1. The highest BCUT2D eigenvalue weighted by Crippen LogP contribution is 2.24. The number of hydrogen-bond donors (Lipinski definition) is 0. The van der Waals surface area contributed by atoms with Crippen LogP contribution in [0.1, 0.15) is 0 Å². The van der Waals surface area contributed by atoms with Gasteiger partial charge < -0.3 is 9.47 Å². The average molecular weight is 193 g/mol. The third kappa shape index (κ3) is 3.18. The molecule has 0 aliphatic heterocycles. The highest BCUT2D eigenvalue weighted by molar-refractivity contribution is 5.26. The highest BCUT2D eigenvalue weighted by Gasteiger charge is 2.31. The number of hydrogen-bond acceptors (Lipinski definition) is 3. The fourth-order valence-corrected chi connectivity index (χ4v) is 0.700. The maximum Gasteiger partial charge on any atom is 0.573 e. The Balaban J connectivity index is 2.78. The Morgan fingerprint density at radius 3 is 2.62 bits per heavy atom. The molecule has 3 nitrogen and oxygen atoms in total. The van der Waals surface area contributed by atoms with E-state index in [0.29, 0.717) is 0 Å². The van der Waals surface area contributed by atoms with E-state index in [1.807, 2.05) is 0 Å². The van der Waals surface area contributed by atoms with Gasteiger partial charge in [-0.2, -0.15) is 0 Å². The summed E-state index contributed by atoms with van der Waals surface area (Å²) >= 11 is 0. The molecule has 1 aromatic heterocycles. The van der Waals surface area contributed by atoms with E-state index < -0.39 is 6.36 Å². The van der Waals surface area contributed by atoms with Gasteiger partial charge in [0.05, 0.1) is 7.11 Å². The minimum Gasteiger partial charge on any atom is -0.481 e. The van der Waals surface area contributed by atoms with Crippen molar-refractivity contribution in [1.82, 2.24) is 4.98 Å². The van der Waals surface area contributed by atoms with Gasteiger partial charge in [-0.05, 0) is 6.07 Å². The summed E-state index contributed by atoms with van der Waals surface area (Å²) in [4.78, 5) is 3.62. The first-order chi connectivity index (χ1) is 6.01. The molecular weight excluding hydrogens is 187 g/mol. The zero-order valence-electron chi connectivity index (χ0n) is 6.63. The smallest absolute Gasteiger partial charge is 0.481 e. The molecule has 0 atom stereocenters. The van der Waals surface area contributed by atoms with E-state index in [9.17, 15) is 13.2 Å². The summed E-state index contributed by atoms with van der Waals surface area (Å²) in [5, 5.41) is 0. The van der Waals surface area contributed by atoms with Crippen LogP contribution in [-0.4, -0.2) is 18.5 Å². The van der Waals surface area contributed by atoms with Gasteiger partial charge >= 0.3 is 6.36 Å². The van der Waals surface area contributed by atoms with Crippen LogP contribution in [0.3, 0.4) is 0 Å². The van der Waals surface area contributed by atoms with Crippen LogP contribution in [0.4, 0.5) is 13.2 Å². The second-order valence-electron chi connectivity index (χ2n) is 2.08. The molecule has 0 saturated carbocycles. The van der Waals surface area contributed by atoms with Crippen molar-refractivity contribution >= 4 is 0 Å². The molecule has 0 saturated heterocycles. The van der Waals surface area contributed by atoms with E-state index in [2.05, 4.69) is 14.5 Å². The summed E-state index contributed by atoms with van der Waals surface area (Å²) in [6.07, 6.45) is -3.52. The lowest BCUT2D eigenvalue weighted by Gasteiger charge is -2.08. The van der Waals surface area contributed by atoms with Crippen LogP contribution >= 0.6 is 0 Å². The first-order valence-corrected chi connectivity index (χ1v) is 3.27. The average Bonchev–Trinajstić information content (AvgIpc) is 2.01. The molecule has 0 fully saturated rings. The maximum atomic E-state index is 11.7. The van der Waals surface area contributed by atoms with Crippen LogP contribution in [0.25, 0.3) is 0 Å². The van der Waals surface area contributed by atoms with Crippen molar-refractivity contribution in [2.45, 2.75) is 6.36 Å². The SMILES string of the molecule is COc1cc(OC(F)(F)F)ccn1. The van der Waals surface area contributed by atoms with Crippen LogP contribution in [0.5, 0.6) is 11.6 Å². The molecule has 0 radical (unpaired) electrons. The molecule has 0 aliphatic carbocycles. The lowest BCUT2D eigenvalue weighted by atomic mass is 10.4. The molecule has 0 aliphatic rings. The second-order valence-corrected chi connectivity index (χ2v) is 2.08. The van der Waals surface area contributed by atoms with Gasteiger partial charge in [-0.25, -0.2) is 4.98 Å². The van der Waals surface area contributed by atoms with Gasteiger partial charge in [0.15, 0.2) is 0 Å². The third-order valence-electron chi connectivity index (χ3n) is 1.15. The van der Waals surface area contributed by atoms with Gasteiger partial charge in [0.1, 0.15) is 5.75 Å². The Kier molecular flexibility index (Phi) is 2.60. The quantitative estimate of drug-likeness (QED) is 0.719. The van der Waals surface area contributed by atoms with Gasteiger partial charge in [0.2, 0.25) is 5.88 Å². The fraction of sp³-hybridized carbons (Fsp3) is 0.286. The summed E-state index contributed by atoms with van der Waals surface area (Å²) in [5.74, 6) is -0.277. The van der Waals surface area contributed by atoms with Gasteiger partial charge in [-0.15, -0.1) is 13.2 Å². The van der Waals surface area contributed by atoms with Crippen LogP contribution in [0.2, 0.25) is 0 Å². The monoisotopic (exact) mass is 193 g/mol. The van der Waals surface area contributed by atoms with E-state index in [1.165, 1.54) is 13.3 Å². The molecule has 0 aromatic carbocycles. The Morgan fingerprint density at radius 1 is 1.38 bits per heavy atom. The molecule has 0 spiro atoms. The molecule has 6 heteroatoms. The van der Waals surface area contributed by atoms with Crippen molar-refractivity contribution in [1.29, 1.82) is 0 Å². The molecule has 0 bridgehead atoms. The largest absolute Gasteiger partial charge is 0.573 e. The molecule has 1 aromatic rings. The van der Waals surface area contributed by atoms with Gasteiger partial charge in [0.25, 0.3) is 0 Å². The third-order valence-corrected chi connectivity index (χ3v) is 1.15. The molecule has 0 N–H and O–H groups in total. The minimum atomic E-state index is -4.69. The Hall–Kier alpha value is -1.46. The number of pyridine rings is 1. The van der Waals surface area contributed by atoms with Gasteiger partial charge in [-0.1, -0.05) is 0 Å². The molecule has 72 valence electrons. The van der Waals surface area contributed by atoms with Crippen LogP contribution in [-0.2, 0) is 0 Å². The van der Waals surface area contributed by atoms with Gasteiger partial charge in [0, 0.05) is 12.3 Å². The number of nitrogens with zero attached hydrogens (tertiary/aromatic N) is 1. The van der Waals surface area contributed by atoms with Crippen LogP contribution in [0.15, 0.2) is 18.3 Å². The number of rotatable bonds is 2. The predicted octanol–water partition coefficient (Wildman–Crippen LogP) is 1.99. The van der Waals surface area contributed by atoms with E-state index in [-0.39, 0.29) is 11.6 Å². The second kappa shape index (κ2) is 3.51. The van der Waals surface area contributed by atoms with Crippen LogP contribution < -0.4 is 9.47 Å². The molecular formula is C7H6F3NO2. The van der Waals surface area contributed by atoms with Crippen molar-refractivity contribution in [2.75, 3.05) is 7.11 Å². The lowest BCUT2D eigenvalue weighted by molar-refractivity contribution is -0.274. The fourth-order valence-electron chi connectivity index (χ4n) is 0.700. The number of methoxy groups -OCH3 is 1. The summed E-state index contributed by atoms with van der Waals surface area (Å²) in [6.45, 7) is 0.